The van der Waals surface area contributed by atoms with Crippen molar-refractivity contribution in [2.24, 2.45) is 0 Å². The number of nitrogens with one attached hydrogen (secondary N) is 2. The molecule has 1 aliphatic rings. The van der Waals surface area contributed by atoms with Gasteiger partial charge in [-0.2, -0.15) is 0 Å². The molecule has 1 aliphatic carbocycles. The number of hydrogen-bond acceptors (Lipinski definition) is 3. The van der Waals surface area contributed by atoms with E-state index in [4.69, 9.17) is 0 Å². The minimum absolute atomic E-state index is 0.473. The second-order valence-electron chi connectivity index (χ2n) is 4.73. The van der Waals surface area contributed by atoms with E-state index in [-0.39, 0.29) is 0 Å². The van der Waals surface area contributed by atoms with Crippen LogP contribution in [0.3, 0.4) is 0 Å². The molecule has 0 bridgehead atoms. The summed E-state index contributed by atoms with van der Waals surface area (Å²) in [6.07, 6.45) is 4.93. The first-order valence-corrected chi connectivity index (χ1v) is 8.16. The minimum atomic E-state index is -3.32. The highest BCUT2D eigenvalue weighted by Crippen LogP contribution is 2.18. The average molecular weight is 280 g/mol. The van der Waals surface area contributed by atoms with E-state index in [2.05, 4.69) is 10.0 Å². The molecule has 0 spiro atoms. The van der Waals surface area contributed by atoms with Crippen molar-refractivity contribution in [2.75, 3.05) is 13.1 Å². The zero-order valence-corrected chi connectivity index (χ0v) is 11.7. The summed E-state index contributed by atoms with van der Waals surface area (Å²) in [5, 5.41) is 4.57. The Labute approximate surface area is 115 Å². The Morgan fingerprint density at radius 3 is 2.58 bits per heavy atom. The third-order valence-electron chi connectivity index (χ3n) is 2.91. The Bertz CT molecular complexity index is 508. The van der Waals surface area contributed by atoms with Gasteiger partial charge in [0.2, 0.25) is 10.0 Å². The van der Waals surface area contributed by atoms with Crippen LogP contribution >= 0.6 is 0 Å². The first-order chi connectivity index (χ1) is 9.16. The Kier molecular flexibility index (Phi) is 5.13. The van der Waals surface area contributed by atoms with E-state index in [1.807, 2.05) is 30.3 Å². The molecule has 1 fully saturated rings. The summed E-state index contributed by atoms with van der Waals surface area (Å²) in [6, 6.07) is 10.1. The topological polar surface area (TPSA) is 58.2 Å². The molecule has 0 atom stereocenters. The van der Waals surface area contributed by atoms with Crippen molar-refractivity contribution in [3.05, 3.63) is 41.3 Å². The number of sulfonamides is 1. The predicted molar refractivity (Wildman–Crippen MR) is 78.0 cm³/mol. The predicted octanol–water partition coefficient (Wildman–Crippen LogP) is 1.72. The molecule has 0 amide bonds. The molecule has 1 aromatic rings. The van der Waals surface area contributed by atoms with Crippen LogP contribution in [0.2, 0.25) is 0 Å². The third-order valence-corrected chi connectivity index (χ3v) is 4.01. The molecule has 104 valence electrons. The van der Waals surface area contributed by atoms with Crippen LogP contribution < -0.4 is 10.0 Å². The Morgan fingerprint density at radius 1 is 1.16 bits per heavy atom. The van der Waals surface area contributed by atoms with Gasteiger partial charge in [0.05, 0.1) is 0 Å². The van der Waals surface area contributed by atoms with Gasteiger partial charge >= 0.3 is 0 Å². The van der Waals surface area contributed by atoms with Crippen molar-refractivity contribution in [1.82, 2.24) is 10.0 Å². The van der Waals surface area contributed by atoms with Gasteiger partial charge in [0.25, 0.3) is 0 Å². The van der Waals surface area contributed by atoms with Crippen LogP contribution in [-0.4, -0.2) is 27.5 Å². The lowest BCUT2D eigenvalue weighted by molar-refractivity contribution is 0.582. The summed E-state index contributed by atoms with van der Waals surface area (Å²) >= 11 is 0. The van der Waals surface area contributed by atoms with Crippen molar-refractivity contribution in [3.63, 3.8) is 0 Å². The van der Waals surface area contributed by atoms with Crippen LogP contribution in [0.15, 0.2) is 35.7 Å². The maximum atomic E-state index is 11.7. The maximum Gasteiger partial charge on any atom is 0.233 e. The first-order valence-electron chi connectivity index (χ1n) is 6.62. The molecule has 0 unspecified atom stereocenters. The number of hydrogen-bond donors (Lipinski definition) is 2. The molecule has 0 heterocycles. The number of benzene rings is 1. The first kappa shape index (κ1) is 14.2. The fourth-order valence-electron chi connectivity index (χ4n) is 1.68. The molecule has 5 heteroatoms. The summed E-state index contributed by atoms with van der Waals surface area (Å²) in [4.78, 5) is 0. The summed E-state index contributed by atoms with van der Waals surface area (Å²) in [5.41, 5.74) is 0.878. The highest BCUT2D eigenvalue weighted by molar-refractivity contribution is 7.92. The average Bonchev–Trinajstić information content (AvgIpc) is 3.21. The molecule has 2 rings (SSSR count). The maximum absolute atomic E-state index is 11.7. The van der Waals surface area contributed by atoms with Gasteiger partial charge in [-0.15, -0.1) is 0 Å². The molecular formula is C14H20N2O2S. The van der Waals surface area contributed by atoms with Crippen LogP contribution in [0, 0.1) is 0 Å². The Balaban J connectivity index is 1.70. The van der Waals surface area contributed by atoms with Crippen molar-refractivity contribution in [2.45, 2.75) is 25.3 Å². The molecule has 0 saturated heterocycles. The summed E-state index contributed by atoms with van der Waals surface area (Å²) in [5.74, 6) is 0. The van der Waals surface area contributed by atoms with Gasteiger partial charge in [-0.05, 0) is 37.4 Å². The molecule has 0 aromatic heterocycles. The van der Waals surface area contributed by atoms with Crippen molar-refractivity contribution in [3.8, 4) is 0 Å². The van der Waals surface area contributed by atoms with E-state index >= 15 is 0 Å². The van der Waals surface area contributed by atoms with Gasteiger partial charge in [0.15, 0.2) is 0 Å². The van der Waals surface area contributed by atoms with E-state index in [0.717, 1.165) is 18.5 Å². The zero-order chi connectivity index (χ0) is 13.6. The van der Waals surface area contributed by atoms with Crippen LogP contribution in [0.1, 0.15) is 24.8 Å². The van der Waals surface area contributed by atoms with Gasteiger partial charge in [0, 0.05) is 18.0 Å². The van der Waals surface area contributed by atoms with Crippen LogP contribution in [-0.2, 0) is 10.0 Å². The standard InChI is InChI=1S/C14H20N2O2S/c17-19(18,12-9-13-5-2-1-3-6-13)16-11-4-10-15-14-7-8-14/h1-3,5-6,9,12,14-16H,4,7-8,10-11H2/b12-9+. The lowest BCUT2D eigenvalue weighted by Gasteiger charge is -2.04. The fraction of sp³-hybridized carbons (Fsp3) is 0.429. The van der Waals surface area contributed by atoms with Crippen molar-refractivity contribution in [1.29, 1.82) is 0 Å². The largest absolute Gasteiger partial charge is 0.314 e. The summed E-state index contributed by atoms with van der Waals surface area (Å²) in [6.45, 7) is 1.34. The molecule has 1 saturated carbocycles. The normalized spacial score (nSPS) is 16.0. The van der Waals surface area contributed by atoms with Gasteiger partial charge < -0.3 is 5.32 Å². The highest BCUT2D eigenvalue weighted by atomic mass is 32.2. The smallest absolute Gasteiger partial charge is 0.233 e. The van der Waals surface area contributed by atoms with Gasteiger partial charge in [-0.25, -0.2) is 13.1 Å². The lowest BCUT2D eigenvalue weighted by atomic mass is 10.2. The molecule has 0 radical (unpaired) electrons. The molecular weight excluding hydrogens is 260 g/mol. The molecule has 1 aromatic carbocycles. The van der Waals surface area contributed by atoms with Crippen molar-refractivity contribution < 1.29 is 8.42 Å². The highest BCUT2D eigenvalue weighted by Gasteiger charge is 2.19. The van der Waals surface area contributed by atoms with Gasteiger partial charge in [-0.3, -0.25) is 0 Å². The zero-order valence-electron chi connectivity index (χ0n) is 10.9. The van der Waals surface area contributed by atoms with Crippen LogP contribution in [0.25, 0.3) is 6.08 Å². The number of rotatable bonds is 8. The molecule has 2 N–H and O–H groups in total. The van der Waals surface area contributed by atoms with E-state index in [1.165, 1.54) is 18.2 Å². The SMILES string of the molecule is O=S(=O)(/C=C/c1ccccc1)NCCCNC1CC1. The van der Waals surface area contributed by atoms with Crippen molar-refractivity contribution >= 4 is 16.1 Å². The molecule has 19 heavy (non-hydrogen) atoms. The van der Waals surface area contributed by atoms with E-state index in [0.29, 0.717) is 12.6 Å². The Hall–Kier alpha value is -1.17. The van der Waals surface area contributed by atoms with E-state index < -0.39 is 10.0 Å². The second kappa shape index (κ2) is 6.84. The summed E-state index contributed by atoms with van der Waals surface area (Å²) in [7, 11) is -3.32. The minimum Gasteiger partial charge on any atom is -0.314 e. The molecule has 4 nitrogen and oxygen atoms in total. The van der Waals surface area contributed by atoms with E-state index in [1.54, 1.807) is 6.08 Å². The van der Waals surface area contributed by atoms with Crippen LogP contribution in [0.4, 0.5) is 0 Å². The summed E-state index contributed by atoms with van der Waals surface area (Å²) < 4.78 is 26.0. The lowest BCUT2D eigenvalue weighted by Crippen LogP contribution is -2.26. The Morgan fingerprint density at radius 2 is 1.89 bits per heavy atom. The van der Waals surface area contributed by atoms with Crippen LogP contribution in [0.5, 0.6) is 0 Å². The third kappa shape index (κ3) is 6.00. The quantitative estimate of drug-likeness (QED) is 0.713. The van der Waals surface area contributed by atoms with E-state index in [9.17, 15) is 8.42 Å². The molecule has 0 aliphatic heterocycles. The second-order valence-corrected chi connectivity index (χ2v) is 6.39. The van der Waals surface area contributed by atoms with Gasteiger partial charge in [0.1, 0.15) is 0 Å². The van der Waals surface area contributed by atoms with Gasteiger partial charge in [-0.1, -0.05) is 30.3 Å². The fourth-order valence-corrected chi connectivity index (χ4v) is 2.54. The monoisotopic (exact) mass is 280 g/mol.